The van der Waals surface area contributed by atoms with Gasteiger partial charge in [-0.15, -0.1) is 0 Å². The molecule has 4 N–H and O–H groups in total. The van der Waals surface area contributed by atoms with Crippen LogP contribution in [0.25, 0.3) is 0 Å². The van der Waals surface area contributed by atoms with Crippen LogP contribution >= 0.6 is 11.6 Å². The van der Waals surface area contributed by atoms with Gasteiger partial charge in [0.05, 0.1) is 10.7 Å². The smallest absolute Gasteiger partial charge is 0.255 e. The van der Waals surface area contributed by atoms with Crippen LogP contribution in [0, 0.1) is 0 Å². The van der Waals surface area contributed by atoms with E-state index in [1.807, 2.05) is 0 Å². The Hall–Kier alpha value is -2.27. The fourth-order valence-corrected chi connectivity index (χ4v) is 1.58. The monoisotopic (exact) mass is 263 g/mol. The molecule has 0 radical (unpaired) electrons. The summed E-state index contributed by atoms with van der Waals surface area (Å²) in [6.07, 6.45) is 1.40. The average molecular weight is 264 g/mol. The minimum absolute atomic E-state index is 0.247. The summed E-state index contributed by atoms with van der Waals surface area (Å²) >= 11 is 5.92. The Morgan fingerprint density at radius 2 is 2.06 bits per heavy atom. The summed E-state index contributed by atoms with van der Waals surface area (Å²) in [5, 5.41) is 2.97. The van der Waals surface area contributed by atoms with Gasteiger partial charge in [0.2, 0.25) is 5.56 Å². The molecule has 2 aromatic rings. The van der Waals surface area contributed by atoms with Crippen LogP contribution < -0.4 is 16.6 Å². The number of pyridine rings is 1. The van der Waals surface area contributed by atoms with E-state index in [9.17, 15) is 9.59 Å². The van der Waals surface area contributed by atoms with Gasteiger partial charge in [-0.1, -0.05) is 11.6 Å². The van der Waals surface area contributed by atoms with E-state index in [4.69, 9.17) is 17.3 Å². The highest BCUT2D eigenvalue weighted by Gasteiger charge is 2.09. The van der Waals surface area contributed by atoms with Crippen molar-refractivity contribution >= 4 is 28.9 Å². The summed E-state index contributed by atoms with van der Waals surface area (Å²) in [7, 11) is 0. The third-order valence-corrected chi connectivity index (χ3v) is 2.61. The van der Waals surface area contributed by atoms with Gasteiger partial charge in [0.1, 0.15) is 0 Å². The number of aromatic amines is 1. The van der Waals surface area contributed by atoms with E-state index >= 15 is 0 Å². The van der Waals surface area contributed by atoms with Crippen LogP contribution in [0.15, 0.2) is 41.3 Å². The van der Waals surface area contributed by atoms with Crippen molar-refractivity contribution in [3.63, 3.8) is 0 Å². The van der Waals surface area contributed by atoms with E-state index in [2.05, 4.69) is 10.3 Å². The maximum atomic E-state index is 11.9. The van der Waals surface area contributed by atoms with Gasteiger partial charge in [0, 0.05) is 23.5 Å². The summed E-state index contributed by atoms with van der Waals surface area (Å²) in [5.41, 5.74) is 6.39. The lowest BCUT2D eigenvalue weighted by atomic mass is 10.2. The van der Waals surface area contributed by atoms with E-state index < -0.39 is 5.91 Å². The van der Waals surface area contributed by atoms with Crippen molar-refractivity contribution in [2.24, 2.45) is 0 Å². The second-order valence-electron chi connectivity index (χ2n) is 3.64. The Balaban J connectivity index is 2.26. The number of hydrogen-bond donors (Lipinski definition) is 3. The first-order chi connectivity index (χ1) is 8.56. The molecule has 0 spiro atoms. The van der Waals surface area contributed by atoms with E-state index in [-0.39, 0.29) is 11.1 Å². The Labute approximate surface area is 108 Å². The molecule has 1 amide bonds. The number of nitrogens with one attached hydrogen (secondary N) is 2. The number of rotatable bonds is 2. The van der Waals surface area contributed by atoms with Crippen LogP contribution in [0.2, 0.25) is 5.02 Å². The van der Waals surface area contributed by atoms with Crippen molar-refractivity contribution in [1.29, 1.82) is 0 Å². The van der Waals surface area contributed by atoms with Crippen LogP contribution in [0.4, 0.5) is 11.4 Å². The Bertz CT molecular complexity index is 652. The fourth-order valence-electron chi connectivity index (χ4n) is 1.42. The Morgan fingerprint density at radius 1 is 1.28 bits per heavy atom. The molecule has 18 heavy (non-hydrogen) atoms. The first-order valence-corrected chi connectivity index (χ1v) is 5.49. The predicted octanol–water partition coefficient (Wildman–Crippen LogP) is 1.86. The van der Waals surface area contributed by atoms with Crippen LogP contribution in [-0.2, 0) is 0 Å². The average Bonchev–Trinajstić information content (AvgIpc) is 2.34. The number of aromatic nitrogens is 1. The van der Waals surface area contributed by atoms with E-state index in [1.54, 1.807) is 18.2 Å². The van der Waals surface area contributed by atoms with Gasteiger partial charge in [-0.3, -0.25) is 9.59 Å². The number of H-pyrrole nitrogens is 1. The topological polar surface area (TPSA) is 88.0 Å². The summed E-state index contributed by atoms with van der Waals surface area (Å²) < 4.78 is 0. The van der Waals surface area contributed by atoms with E-state index in [0.29, 0.717) is 16.4 Å². The lowest BCUT2D eigenvalue weighted by Gasteiger charge is -2.07. The molecule has 0 aliphatic rings. The number of anilines is 2. The molecule has 0 saturated heterocycles. The van der Waals surface area contributed by atoms with Crippen molar-refractivity contribution in [3.05, 3.63) is 57.5 Å². The maximum Gasteiger partial charge on any atom is 0.255 e. The van der Waals surface area contributed by atoms with Crippen molar-refractivity contribution in [2.75, 3.05) is 11.1 Å². The summed E-state index contributed by atoms with van der Waals surface area (Å²) in [4.78, 5) is 25.4. The lowest BCUT2D eigenvalue weighted by Crippen LogP contribution is -2.15. The molecular weight excluding hydrogens is 254 g/mol. The number of benzene rings is 1. The third kappa shape index (κ3) is 2.70. The highest BCUT2D eigenvalue weighted by Crippen LogP contribution is 2.24. The largest absolute Gasteiger partial charge is 0.399 e. The molecule has 0 atom stereocenters. The summed E-state index contributed by atoms with van der Waals surface area (Å²) in [5.74, 6) is -0.423. The third-order valence-electron chi connectivity index (χ3n) is 2.28. The first kappa shape index (κ1) is 12.2. The second kappa shape index (κ2) is 4.93. The molecular formula is C12H10ClN3O2. The van der Waals surface area contributed by atoms with Gasteiger partial charge in [-0.2, -0.15) is 0 Å². The Kier molecular flexibility index (Phi) is 3.34. The minimum Gasteiger partial charge on any atom is -0.399 e. The molecule has 92 valence electrons. The van der Waals surface area contributed by atoms with Crippen LogP contribution in [0.5, 0.6) is 0 Å². The van der Waals surface area contributed by atoms with Crippen LogP contribution in [0.3, 0.4) is 0 Å². The predicted molar refractivity (Wildman–Crippen MR) is 70.9 cm³/mol. The fraction of sp³-hybridized carbons (Fsp3) is 0. The molecule has 0 bridgehead atoms. The highest BCUT2D eigenvalue weighted by atomic mass is 35.5. The van der Waals surface area contributed by atoms with Gasteiger partial charge in [0.25, 0.3) is 5.91 Å². The van der Waals surface area contributed by atoms with Crippen molar-refractivity contribution in [2.45, 2.75) is 0 Å². The maximum absolute atomic E-state index is 11.9. The van der Waals surface area contributed by atoms with Crippen molar-refractivity contribution < 1.29 is 4.79 Å². The molecule has 5 nitrogen and oxygen atoms in total. The Morgan fingerprint density at radius 3 is 2.78 bits per heavy atom. The number of carbonyl (C=O) groups is 1. The number of carbonyl (C=O) groups excluding carboxylic acids is 1. The molecule has 0 saturated carbocycles. The second-order valence-corrected chi connectivity index (χ2v) is 4.04. The standard InChI is InChI=1S/C12H10ClN3O2/c13-9-2-1-8(14)6-10(9)16-12(18)7-3-4-15-11(17)5-7/h1-6H,14H2,(H,15,17)(H,16,18). The van der Waals surface area contributed by atoms with Gasteiger partial charge in [-0.25, -0.2) is 0 Å². The molecule has 0 fully saturated rings. The molecule has 0 unspecified atom stereocenters. The van der Waals surface area contributed by atoms with Gasteiger partial charge in [-0.05, 0) is 24.3 Å². The zero-order chi connectivity index (χ0) is 13.1. The van der Waals surface area contributed by atoms with Gasteiger partial charge < -0.3 is 16.0 Å². The highest BCUT2D eigenvalue weighted by molar-refractivity contribution is 6.34. The van der Waals surface area contributed by atoms with E-state index in [0.717, 1.165) is 0 Å². The minimum atomic E-state index is -0.423. The number of halogens is 1. The van der Waals surface area contributed by atoms with Crippen LogP contribution in [-0.4, -0.2) is 10.9 Å². The first-order valence-electron chi connectivity index (χ1n) is 5.11. The normalized spacial score (nSPS) is 10.1. The quantitative estimate of drug-likeness (QED) is 0.723. The summed E-state index contributed by atoms with van der Waals surface area (Å²) in [6, 6.07) is 7.47. The van der Waals surface area contributed by atoms with E-state index in [1.165, 1.54) is 18.3 Å². The number of nitrogen functional groups attached to an aromatic ring is 1. The number of hydrogen-bond acceptors (Lipinski definition) is 3. The zero-order valence-electron chi connectivity index (χ0n) is 9.24. The summed E-state index contributed by atoms with van der Waals surface area (Å²) in [6.45, 7) is 0. The molecule has 1 aromatic heterocycles. The lowest BCUT2D eigenvalue weighted by molar-refractivity contribution is 0.102. The molecule has 1 heterocycles. The van der Waals surface area contributed by atoms with Gasteiger partial charge >= 0.3 is 0 Å². The zero-order valence-corrected chi connectivity index (χ0v) is 9.99. The molecule has 1 aromatic carbocycles. The van der Waals surface area contributed by atoms with Crippen LogP contribution in [0.1, 0.15) is 10.4 Å². The van der Waals surface area contributed by atoms with Crippen molar-refractivity contribution in [1.82, 2.24) is 4.98 Å². The molecule has 2 rings (SSSR count). The number of nitrogens with two attached hydrogens (primary N) is 1. The van der Waals surface area contributed by atoms with Gasteiger partial charge in [0.15, 0.2) is 0 Å². The van der Waals surface area contributed by atoms with Crippen molar-refractivity contribution in [3.8, 4) is 0 Å². The molecule has 0 aliphatic carbocycles. The molecule has 6 heteroatoms. The SMILES string of the molecule is Nc1ccc(Cl)c(NC(=O)c2cc[nH]c(=O)c2)c1. The molecule has 0 aliphatic heterocycles. The number of amides is 1.